The summed E-state index contributed by atoms with van der Waals surface area (Å²) >= 11 is 0. The molecule has 0 saturated carbocycles. The van der Waals surface area contributed by atoms with Crippen LogP contribution in [0, 0.1) is 0 Å². The molecule has 0 spiro atoms. The topological polar surface area (TPSA) is 42.4 Å². The minimum absolute atomic E-state index is 0.394. The van der Waals surface area contributed by atoms with Gasteiger partial charge in [-0.25, -0.2) is 0 Å². The van der Waals surface area contributed by atoms with Crippen LogP contribution in [-0.4, -0.2) is 29.4 Å². The first-order chi connectivity index (χ1) is 7.76. The van der Waals surface area contributed by atoms with Gasteiger partial charge in [0.25, 0.3) is 0 Å². The third-order valence-corrected chi connectivity index (χ3v) is 2.40. The highest BCUT2D eigenvalue weighted by molar-refractivity contribution is 5.14. The van der Waals surface area contributed by atoms with Gasteiger partial charge in [-0.1, -0.05) is 19.9 Å². The summed E-state index contributed by atoms with van der Waals surface area (Å²) in [6, 6.07) is 4.03. The Kier molecular flexibility index (Phi) is 6.04. The average molecular weight is 223 g/mol. The summed E-state index contributed by atoms with van der Waals surface area (Å²) in [6.07, 6.45) is 3.96. The van der Waals surface area contributed by atoms with E-state index in [1.165, 1.54) is 5.56 Å². The zero-order valence-electron chi connectivity index (χ0n) is 10.1. The van der Waals surface area contributed by atoms with Crippen molar-refractivity contribution >= 4 is 0 Å². The third kappa shape index (κ3) is 4.73. The second-order valence-corrected chi connectivity index (χ2v) is 3.94. The van der Waals surface area contributed by atoms with Gasteiger partial charge in [0.2, 0.25) is 0 Å². The lowest BCUT2D eigenvalue weighted by atomic mass is 10.1. The summed E-state index contributed by atoms with van der Waals surface area (Å²) in [4.78, 5) is 4.30. The summed E-state index contributed by atoms with van der Waals surface area (Å²) in [5.41, 5.74) is 2.14. The largest absolute Gasteiger partial charge is 0.390 e. The van der Waals surface area contributed by atoms with Gasteiger partial charge >= 0.3 is 0 Å². The van der Waals surface area contributed by atoms with Crippen LogP contribution in [0.5, 0.6) is 0 Å². The van der Waals surface area contributed by atoms with Crippen LogP contribution >= 0.6 is 0 Å². The molecular formula is C13H21NO2. The van der Waals surface area contributed by atoms with Gasteiger partial charge in [-0.05, 0) is 24.5 Å². The van der Waals surface area contributed by atoms with Gasteiger partial charge < -0.3 is 9.84 Å². The molecule has 1 atom stereocenters. The predicted molar refractivity (Wildman–Crippen MR) is 64.4 cm³/mol. The van der Waals surface area contributed by atoms with Crippen molar-refractivity contribution in [1.29, 1.82) is 0 Å². The zero-order chi connectivity index (χ0) is 11.8. The van der Waals surface area contributed by atoms with Crippen molar-refractivity contribution in [2.75, 3.05) is 13.2 Å². The van der Waals surface area contributed by atoms with Gasteiger partial charge in [0, 0.05) is 24.9 Å². The first-order valence-electron chi connectivity index (χ1n) is 5.95. The second kappa shape index (κ2) is 7.36. The van der Waals surface area contributed by atoms with E-state index in [-0.39, 0.29) is 0 Å². The molecule has 0 aliphatic heterocycles. The second-order valence-electron chi connectivity index (χ2n) is 3.94. The van der Waals surface area contributed by atoms with Gasteiger partial charge in [0.05, 0.1) is 12.7 Å². The van der Waals surface area contributed by atoms with Crippen molar-refractivity contribution in [3.63, 3.8) is 0 Å². The molecule has 0 aromatic carbocycles. The molecule has 1 rings (SSSR count). The van der Waals surface area contributed by atoms with Crippen LogP contribution in [0.3, 0.4) is 0 Å². The quantitative estimate of drug-likeness (QED) is 0.719. The first kappa shape index (κ1) is 13.1. The molecule has 0 bridgehead atoms. The highest BCUT2D eigenvalue weighted by Gasteiger charge is 2.06. The van der Waals surface area contributed by atoms with E-state index in [1.807, 2.05) is 12.3 Å². The number of aliphatic hydroxyl groups excluding tert-OH is 1. The Labute approximate surface area is 97.5 Å². The molecule has 0 amide bonds. The number of nitrogens with zero attached hydrogens (tertiary/aromatic N) is 1. The van der Waals surface area contributed by atoms with Crippen molar-refractivity contribution in [3.8, 4) is 0 Å². The third-order valence-electron chi connectivity index (χ3n) is 2.40. The lowest BCUT2D eigenvalue weighted by Crippen LogP contribution is -2.19. The Morgan fingerprint density at radius 3 is 2.75 bits per heavy atom. The molecule has 0 aliphatic rings. The van der Waals surface area contributed by atoms with E-state index in [4.69, 9.17) is 4.74 Å². The Balaban J connectivity index is 2.34. The maximum atomic E-state index is 9.69. The molecule has 3 nitrogen and oxygen atoms in total. The van der Waals surface area contributed by atoms with E-state index < -0.39 is 6.10 Å². The number of aryl methyl sites for hydroxylation is 1. The van der Waals surface area contributed by atoms with Crippen molar-refractivity contribution in [1.82, 2.24) is 4.98 Å². The minimum Gasteiger partial charge on any atom is -0.390 e. The summed E-state index contributed by atoms with van der Waals surface area (Å²) in [5.74, 6) is 0. The van der Waals surface area contributed by atoms with Crippen LogP contribution in [0.2, 0.25) is 0 Å². The monoisotopic (exact) mass is 223 g/mol. The van der Waals surface area contributed by atoms with Crippen molar-refractivity contribution in [2.45, 2.75) is 39.2 Å². The molecule has 16 heavy (non-hydrogen) atoms. The predicted octanol–water partition coefficient (Wildman–Crippen LogP) is 1.97. The molecule has 0 radical (unpaired) electrons. The normalized spacial score (nSPS) is 12.7. The lowest BCUT2D eigenvalue weighted by molar-refractivity contribution is 0.0369. The highest BCUT2D eigenvalue weighted by Crippen LogP contribution is 2.04. The molecular weight excluding hydrogens is 202 g/mol. The molecule has 1 aromatic rings. The van der Waals surface area contributed by atoms with Crippen molar-refractivity contribution < 1.29 is 9.84 Å². The number of aliphatic hydroxyl groups is 1. The van der Waals surface area contributed by atoms with E-state index >= 15 is 0 Å². The summed E-state index contributed by atoms with van der Waals surface area (Å²) < 4.78 is 5.28. The molecule has 1 unspecified atom stereocenters. The number of rotatable bonds is 7. The summed E-state index contributed by atoms with van der Waals surface area (Å²) in [6.45, 7) is 5.26. The van der Waals surface area contributed by atoms with Gasteiger partial charge in [0.15, 0.2) is 0 Å². The van der Waals surface area contributed by atoms with E-state index in [1.54, 1.807) is 0 Å². The van der Waals surface area contributed by atoms with Crippen LogP contribution in [-0.2, 0) is 17.6 Å². The van der Waals surface area contributed by atoms with Gasteiger partial charge in [-0.3, -0.25) is 4.98 Å². The molecule has 1 aromatic heterocycles. The smallest absolute Gasteiger partial charge is 0.0828 e. The minimum atomic E-state index is -0.452. The van der Waals surface area contributed by atoms with Gasteiger partial charge in [0.1, 0.15) is 0 Å². The number of hydrogen-bond donors (Lipinski definition) is 1. The average Bonchev–Trinajstić information content (AvgIpc) is 2.30. The van der Waals surface area contributed by atoms with Crippen LogP contribution in [0.1, 0.15) is 31.5 Å². The number of hydrogen-bond acceptors (Lipinski definition) is 3. The Morgan fingerprint density at radius 2 is 2.19 bits per heavy atom. The molecule has 0 aliphatic carbocycles. The van der Waals surface area contributed by atoms with Crippen LogP contribution in [0.4, 0.5) is 0 Å². The first-order valence-corrected chi connectivity index (χ1v) is 5.95. The number of pyridine rings is 1. The maximum Gasteiger partial charge on any atom is 0.0828 e. The van der Waals surface area contributed by atoms with Crippen LogP contribution in [0.25, 0.3) is 0 Å². The standard InChI is InChI=1S/C13H21NO2/c1-3-7-16-10-13(15)8-12-6-5-11(4-2)9-14-12/h5-6,9,13,15H,3-4,7-8,10H2,1-2H3. The highest BCUT2D eigenvalue weighted by atomic mass is 16.5. The SMILES string of the molecule is CCCOCC(O)Cc1ccc(CC)cn1. The Bertz CT molecular complexity index is 284. The van der Waals surface area contributed by atoms with E-state index in [0.717, 1.165) is 18.5 Å². The van der Waals surface area contributed by atoms with E-state index in [0.29, 0.717) is 19.6 Å². The van der Waals surface area contributed by atoms with Gasteiger partial charge in [-0.2, -0.15) is 0 Å². The zero-order valence-corrected chi connectivity index (χ0v) is 10.1. The Morgan fingerprint density at radius 1 is 1.38 bits per heavy atom. The summed E-state index contributed by atoms with van der Waals surface area (Å²) in [7, 11) is 0. The fourth-order valence-electron chi connectivity index (χ4n) is 1.45. The Hall–Kier alpha value is -0.930. The maximum absolute atomic E-state index is 9.69. The van der Waals surface area contributed by atoms with E-state index in [9.17, 15) is 5.11 Å². The lowest BCUT2D eigenvalue weighted by Gasteiger charge is -2.10. The number of ether oxygens (including phenoxy) is 1. The molecule has 0 fully saturated rings. The molecule has 3 heteroatoms. The van der Waals surface area contributed by atoms with Crippen molar-refractivity contribution in [3.05, 3.63) is 29.6 Å². The summed E-state index contributed by atoms with van der Waals surface area (Å²) in [5, 5.41) is 9.69. The molecule has 90 valence electrons. The van der Waals surface area contributed by atoms with E-state index in [2.05, 4.69) is 24.9 Å². The van der Waals surface area contributed by atoms with Gasteiger partial charge in [-0.15, -0.1) is 0 Å². The molecule has 1 N–H and O–H groups in total. The molecule has 1 heterocycles. The fourth-order valence-corrected chi connectivity index (χ4v) is 1.45. The molecule has 0 saturated heterocycles. The van der Waals surface area contributed by atoms with Crippen LogP contribution in [0.15, 0.2) is 18.3 Å². The fraction of sp³-hybridized carbons (Fsp3) is 0.615. The number of aromatic nitrogens is 1. The van der Waals surface area contributed by atoms with Crippen molar-refractivity contribution in [2.24, 2.45) is 0 Å². The van der Waals surface area contributed by atoms with Crippen LogP contribution < -0.4 is 0 Å².